The summed E-state index contributed by atoms with van der Waals surface area (Å²) in [5.74, 6) is -0.340. The third kappa shape index (κ3) is 7.68. The largest absolute Gasteiger partial charge is 0.458 e. The van der Waals surface area contributed by atoms with Gasteiger partial charge in [0.1, 0.15) is 12.2 Å². The van der Waals surface area contributed by atoms with Crippen LogP contribution in [0.5, 0.6) is 0 Å². The Morgan fingerprint density at radius 2 is 1.86 bits per heavy atom. The first-order valence-corrected chi connectivity index (χ1v) is 7.22. The number of anilines is 1. The van der Waals surface area contributed by atoms with Crippen LogP contribution in [0.25, 0.3) is 0 Å². The van der Waals surface area contributed by atoms with Crippen molar-refractivity contribution in [2.75, 3.05) is 37.7 Å². The Bertz CT molecular complexity index is 415. The Kier molecular flexibility index (Phi) is 7.19. The first-order chi connectivity index (χ1) is 9.92. The third-order valence-electron chi connectivity index (χ3n) is 2.67. The van der Waals surface area contributed by atoms with E-state index >= 15 is 0 Å². The van der Waals surface area contributed by atoms with E-state index in [0.29, 0.717) is 19.7 Å². The van der Waals surface area contributed by atoms with E-state index in [4.69, 9.17) is 15.2 Å². The fourth-order valence-corrected chi connectivity index (χ4v) is 1.87. The van der Waals surface area contributed by atoms with Crippen molar-refractivity contribution in [3.63, 3.8) is 0 Å². The van der Waals surface area contributed by atoms with E-state index in [1.165, 1.54) is 0 Å². The second-order valence-electron chi connectivity index (χ2n) is 5.75. The van der Waals surface area contributed by atoms with Crippen LogP contribution < -0.4 is 10.6 Å². The molecule has 21 heavy (non-hydrogen) atoms. The highest BCUT2D eigenvalue weighted by Crippen LogP contribution is 2.12. The number of carbonyl (C=O) groups excluding carboxylic acids is 1. The quantitative estimate of drug-likeness (QED) is 0.585. The molecule has 1 rings (SSSR count). The lowest BCUT2D eigenvalue weighted by Gasteiger charge is -2.24. The SMILES string of the molecule is CC(C)(C)OC(=O)COCCN(CCN)c1ccccc1. The van der Waals surface area contributed by atoms with Gasteiger partial charge < -0.3 is 20.1 Å². The number of esters is 1. The number of ether oxygens (including phenoxy) is 2. The van der Waals surface area contributed by atoms with E-state index in [1.54, 1.807) is 0 Å². The summed E-state index contributed by atoms with van der Waals surface area (Å²) in [5.41, 5.74) is 6.26. The molecule has 0 saturated heterocycles. The molecule has 0 heterocycles. The van der Waals surface area contributed by atoms with E-state index < -0.39 is 5.60 Å². The predicted molar refractivity (Wildman–Crippen MR) is 84.4 cm³/mol. The summed E-state index contributed by atoms with van der Waals surface area (Å²) in [5, 5.41) is 0. The van der Waals surface area contributed by atoms with E-state index in [1.807, 2.05) is 51.1 Å². The number of para-hydroxylation sites is 1. The molecule has 0 aliphatic carbocycles. The van der Waals surface area contributed by atoms with Crippen LogP contribution in [0.2, 0.25) is 0 Å². The van der Waals surface area contributed by atoms with Crippen LogP contribution in [0.3, 0.4) is 0 Å². The van der Waals surface area contributed by atoms with Gasteiger partial charge in [0.25, 0.3) is 0 Å². The molecule has 0 aliphatic heterocycles. The fraction of sp³-hybridized carbons (Fsp3) is 0.562. The Morgan fingerprint density at radius 3 is 2.43 bits per heavy atom. The number of nitrogens with zero attached hydrogens (tertiary/aromatic N) is 1. The van der Waals surface area contributed by atoms with E-state index in [9.17, 15) is 4.79 Å². The number of carbonyl (C=O) groups is 1. The molecule has 0 spiro atoms. The maximum Gasteiger partial charge on any atom is 0.332 e. The van der Waals surface area contributed by atoms with Crippen LogP contribution in [0.15, 0.2) is 30.3 Å². The van der Waals surface area contributed by atoms with Gasteiger partial charge in [-0.1, -0.05) is 18.2 Å². The maximum absolute atomic E-state index is 11.5. The topological polar surface area (TPSA) is 64.8 Å². The van der Waals surface area contributed by atoms with Crippen molar-refractivity contribution < 1.29 is 14.3 Å². The van der Waals surface area contributed by atoms with Gasteiger partial charge in [-0.2, -0.15) is 0 Å². The standard InChI is InChI=1S/C16H26N2O3/c1-16(2,3)21-15(19)13-20-12-11-18(10-9-17)14-7-5-4-6-8-14/h4-8H,9-13,17H2,1-3H3. The summed E-state index contributed by atoms with van der Waals surface area (Å²) in [6, 6.07) is 10.0. The molecule has 0 aliphatic rings. The average molecular weight is 294 g/mol. The highest BCUT2D eigenvalue weighted by atomic mass is 16.6. The molecule has 5 nitrogen and oxygen atoms in total. The minimum atomic E-state index is -0.476. The van der Waals surface area contributed by atoms with E-state index in [2.05, 4.69) is 4.90 Å². The summed E-state index contributed by atoms with van der Waals surface area (Å²) in [6.07, 6.45) is 0. The van der Waals surface area contributed by atoms with Crippen molar-refractivity contribution in [2.24, 2.45) is 5.73 Å². The lowest BCUT2D eigenvalue weighted by atomic mass is 10.2. The Balaban J connectivity index is 2.33. The zero-order valence-corrected chi connectivity index (χ0v) is 13.2. The predicted octanol–water partition coefficient (Wildman–Crippen LogP) is 1.81. The summed E-state index contributed by atoms with van der Waals surface area (Å²) in [6.45, 7) is 7.94. The molecular weight excluding hydrogens is 268 g/mol. The molecule has 0 atom stereocenters. The van der Waals surface area contributed by atoms with Gasteiger partial charge in [0.15, 0.2) is 0 Å². The van der Waals surface area contributed by atoms with Gasteiger partial charge in [0, 0.05) is 25.3 Å². The van der Waals surface area contributed by atoms with Crippen LogP contribution in [0.4, 0.5) is 5.69 Å². The number of nitrogens with two attached hydrogens (primary N) is 1. The Morgan fingerprint density at radius 1 is 1.19 bits per heavy atom. The maximum atomic E-state index is 11.5. The molecule has 0 radical (unpaired) electrons. The summed E-state index contributed by atoms with van der Waals surface area (Å²) in [7, 11) is 0. The molecule has 5 heteroatoms. The van der Waals surface area contributed by atoms with Gasteiger partial charge in [-0.05, 0) is 32.9 Å². The van der Waals surface area contributed by atoms with Crippen molar-refractivity contribution in [2.45, 2.75) is 26.4 Å². The van der Waals surface area contributed by atoms with Crippen molar-refractivity contribution in [1.29, 1.82) is 0 Å². The normalized spacial score (nSPS) is 11.2. The molecule has 0 fully saturated rings. The first kappa shape index (κ1) is 17.5. The monoisotopic (exact) mass is 294 g/mol. The molecule has 1 aromatic rings. The summed E-state index contributed by atoms with van der Waals surface area (Å²) in [4.78, 5) is 13.7. The van der Waals surface area contributed by atoms with Gasteiger partial charge >= 0.3 is 5.97 Å². The van der Waals surface area contributed by atoms with Crippen molar-refractivity contribution in [3.8, 4) is 0 Å². The average Bonchev–Trinajstić information content (AvgIpc) is 2.41. The molecule has 0 unspecified atom stereocenters. The molecule has 0 saturated carbocycles. The lowest BCUT2D eigenvalue weighted by molar-refractivity contribution is -0.160. The zero-order valence-electron chi connectivity index (χ0n) is 13.2. The van der Waals surface area contributed by atoms with Crippen molar-refractivity contribution >= 4 is 11.7 Å². The van der Waals surface area contributed by atoms with Gasteiger partial charge in [0.05, 0.1) is 6.61 Å². The summed E-state index contributed by atoms with van der Waals surface area (Å²) < 4.78 is 10.6. The third-order valence-corrected chi connectivity index (χ3v) is 2.67. The van der Waals surface area contributed by atoms with Gasteiger partial charge in [-0.25, -0.2) is 4.79 Å². The highest BCUT2D eigenvalue weighted by Gasteiger charge is 2.16. The van der Waals surface area contributed by atoms with Gasteiger partial charge in [-0.15, -0.1) is 0 Å². The zero-order chi connectivity index (χ0) is 15.7. The van der Waals surface area contributed by atoms with Crippen LogP contribution in [0.1, 0.15) is 20.8 Å². The highest BCUT2D eigenvalue weighted by molar-refractivity contribution is 5.71. The van der Waals surface area contributed by atoms with Crippen molar-refractivity contribution in [1.82, 2.24) is 0 Å². The number of hydrogen-bond donors (Lipinski definition) is 1. The van der Waals surface area contributed by atoms with Gasteiger partial charge in [-0.3, -0.25) is 0 Å². The molecule has 1 aromatic carbocycles. The molecule has 0 amide bonds. The van der Waals surface area contributed by atoms with Crippen LogP contribution >= 0.6 is 0 Å². The van der Waals surface area contributed by atoms with Crippen molar-refractivity contribution in [3.05, 3.63) is 30.3 Å². The van der Waals surface area contributed by atoms with Crippen LogP contribution in [0, 0.1) is 0 Å². The second-order valence-corrected chi connectivity index (χ2v) is 5.75. The molecule has 0 aromatic heterocycles. The van der Waals surface area contributed by atoms with Crippen LogP contribution in [-0.4, -0.2) is 44.4 Å². The van der Waals surface area contributed by atoms with Gasteiger partial charge in [0.2, 0.25) is 0 Å². The minimum Gasteiger partial charge on any atom is -0.458 e. The lowest BCUT2D eigenvalue weighted by Crippen LogP contribution is -2.33. The number of rotatable bonds is 8. The second kappa shape index (κ2) is 8.64. The summed E-state index contributed by atoms with van der Waals surface area (Å²) >= 11 is 0. The number of hydrogen-bond acceptors (Lipinski definition) is 5. The van der Waals surface area contributed by atoms with E-state index in [-0.39, 0.29) is 12.6 Å². The molecule has 118 valence electrons. The van der Waals surface area contributed by atoms with E-state index in [0.717, 1.165) is 12.2 Å². The smallest absolute Gasteiger partial charge is 0.332 e. The Labute approximate surface area is 127 Å². The van der Waals surface area contributed by atoms with Crippen LogP contribution in [-0.2, 0) is 14.3 Å². The fourth-order valence-electron chi connectivity index (χ4n) is 1.87. The molecule has 0 bridgehead atoms. The molecule has 2 N–H and O–H groups in total. The first-order valence-electron chi connectivity index (χ1n) is 7.22. The molecular formula is C16H26N2O3. The Hall–Kier alpha value is -1.59. The minimum absolute atomic E-state index is 0.0253. The number of benzene rings is 1.